The van der Waals surface area contributed by atoms with Gasteiger partial charge in [-0.3, -0.25) is 4.79 Å². The van der Waals surface area contributed by atoms with E-state index in [0.29, 0.717) is 17.2 Å². The number of hydrogen-bond acceptors (Lipinski definition) is 4. The van der Waals surface area contributed by atoms with Crippen molar-refractivity contribution in [2.24, 2.45) is 5.92 Å². The lowest BCUT2D eigenvalue weighted by atomic mass is 9.98. The zero-order valence-corrected chi connectivity index (χ0v) is 16.1. The summed E-state index contributed by atoms with van der Waals surface area (Å²) in [5.74, 6) is 0.0743. The molecule has 1 aliphatic heterocycles. The molecule has 1 aromatic carbocycles. The number of benzene rings is 1. The third-order valence-electron chi connectivity index (χ3n) is 5.37. The van der Waals surface area contributed by atoms with Crippen LogP contribution >= 0.6 is 0 Å². The maximum Gasteiger partial charge on any atom is 0.337 e. The maximum atomic E-state index is 12.9. The van der Waals surface area contributed by atoms with E-state index in [0.717, 1.165) is 42.7 Å². The molecule has 6 nitrogen and oxygen atoms in total. The van der Waals surface area contributed by atoms with Gasteiger partial charge < -0.3 is 14.0 Å². The quantitative estimate of drug-likeness (QED) is 0.656. The Morgan fingerprint density at radius 3 is 2.71 bits per heavy atom. The van der Waals surface area contributed by atoms with Crippen LogP contribution in [-0.2, 0) is 11.2 Å². The number of amides is 1. The molecule has 0 bridgehead atoms. The molecule has 1 unspecified atom stereocenters. The Hall–Kier alpha value is -3.15. The fourth-order valence-corrected chi connectivity index (χ4v) is 3.83. The minimum absolute atomic E-state index is 0.00774. The Morgan fingerprint density at radius 2 is 2.00 bits per heavy atom. The van der Waals surface area contributed by atoms with Gasteiger partial charge in [0.15, 0.2) is 0 Å². The molecule has 1 amide bonds. The lowest BCUT2D eigenvalue weighted by molar-refractivity contribution is 0.0600. The average molecular weight is 377 g/mol. The monoisotopic (exact) mass is 377 g/mol. The van der Waals surface area contributed by atoms with Crippen molar-refractivity contribution < 1.29 is 14.3 Å². The molecule has 1 fully saturated rings. The third-order valence-corrected chi connectivity index (χ3v) is 5.37. The standard InChI is InChI=1S/C22H23N3O3/c1-15-4-3-10-24-14-19(23-20(15)24)21(26)25-11-9-17(13-25)12-16-5-7-18(8-6-16)22(27)28-2/h3-8,10,14,17H,9,11-13H2,1-2H3. The number of hydrogen-bond donors (Lipinski definition) is 0. The van der Waals surface area contributed by atoms with Gasteiger partial charge in [0.1, 0.15) is 11.3 Å². The molecule has 0 saturated carbocycles. The first-order valence-electron chi connectivity index (χ1n) is 9.46. The Kier molecular flexibility index (Phi) is 4.86. The predicted molar refractivity (Wildman–Crippen MR) is 105 cm³/mol. The third kappa shape index (κ3) is 3.50. The first-order chi connectivity index (χ1) is 13.5. The molecule has 2 aromatic heterocycles. The van der Waals surface area contributed by atoms with Crippen LogP contribution in [0.3, 0.4) is 0 Å². The fourth-order valence-electron chi connectivity index (χ4n) is 3.83. The van der Waals surface area contributed by atoms with E-state index in [1.165, 1.54) is 7.11 Å². The topological polar surface area (TPSA) is 63.9 Å². The minimum atomic E-state index is -0.327. The van der Waals surface area contributed by atoms with Gasteiger partial charge in [0, 0.05) is 25.5 Å². The molecule has 4 rings (SSSR count). The SMILES string of the molecule is COC(=O)c1ccc(CC2CCN(C(=O)c3cn4cccc(C)c4n3)C2)cc1. The van der Waals surface area contributed by atoms with Crippen molar-refractivity contribution in [3.05, 3.63) is 71.2 Å². The summed E-state index contributed by atoms with van der Waals surface area (Å²) in [5.41, 5.74) is 4.09. The van der Waals surface area contributed by atoms with Crippen LogP contribution in [0.4, 0.5) is 0 Å². The van der Waals surface area contributed by atoms with Gasteiger partial charge in [-0.15, -0.1) is 0 Å². The van der Waals surface area contributed by atoms with Crippen molar-refractivity contribution in [2.45, 2.75) is 19.8 Å². The second kappa shape index (κ2) is 7.46. The van der Waals surface area contributed by atoms with Gasteiger partial charge in [0.2, 0.25) is 0 Å². The number of fused-ring (bicyclic) bond motifs is 1. The number of methoxy groups -OCH3 is 1. The van der Waals surface area contributed by atoms with Gasteiger partial charge >= 0.3 is 5.97 Å². The van der Waals surface area contributed by atoms with E-state index in [4.69, 9.17) is 4.74 Å². The van der Waals surface area contributed by atoms with Crippen LogP contribution in [0.15, 0.2) is 48.8 Å². The number of pyridine rings is 1. The zero-order valence-electron chi connectivity index (χ0n) is 16.1. The molecule has 28 heavy (non-hydrogen) atoms. The maximum absolute atomic E-state index is 12.9. The molecule has 6 heteroatoms. The summed E-state index contributed by atoms with van der Waals surface area (Å²) in [4.78, 5) is 30.8. The number of esters is 1. The smallest absolute Gasteiger partial charge is 0.337 e. The molecule has 1 atom stereocenters. The largest absolute Gasteiger partial charge is 0.465 e. The Labute approximate surface area is 163 Å². The van der Waals surface area contributed by atoms with E-state index in [1.807, 2.05) is 52.9 Å². The molecule has 144 valence electrons. The average Bonchev–Trinajstić information content (AvgIpc) is 3.35. The highest BCUT2D eigenvalue weighted by atomic mass is 16.5. The van der Waals surface area contributed by atoms with E-state index in [9.17, 15) is 9.59 Å². The molecule has 1 aliphatic rings. The predicted octanol–water partition coefficient (Wildman–Crippen LogP) is 3.13. The van der Waals surface area contributed by atoms with Crippen molar-refractivity contribution in [3.63, 3.8) is 0 Å². The Balaban J connectivity index is 1.41. The van der Waals surface area contributed by atoms with Crippen LogP contribution in [-0.4, -0.2) is 46.4 Å². The molecular formula is C22H23N3O3. The number of ether oxygens (including phenoxy) is 1. The number of aromatic nitrogens is 2. The van der Waals surface area contributed by atoms with E-state index in [1.54, 1.807) is 12.1 Å². The van der Waals surface area contributed by atoms with Gasteiger partial charge in [-0.1, -0.05) is 18.2 Å². The number of likely N-dealkylation sites (tertiary alicyclic amines) is 1. The second-order valence-corrected chi connectivity index (χ2v) is 7.35. The lowest BCUT2D eigenvalue weighted by Gasteiger charge is -2.15. The van der Waals surface area contributed by atoms with Crippen LogP contribution in [0.1, 0.15) is 38.4 Å². The first-order valence-corrected chi connectivity index (χ1v) is 9.46. The summed E-state index contributed by atoms with van der Waals surface area (Å²) in [6, 6.07) is 11.4. The zero-order chi connectivity index (χ0) is 19.7. The summed E-state index contributed by atoms with van der Waals surface area (Å²) in [6.45, 7) is 3.47. The number of aryl methyl sites for hydroxylation is 1. The Bertz CT molecular complexity index is 1020. The van der Waals surface area contributed by atoms with Crippen molar-refractivity contribution in [2.75, 3.05) is 20.2 Å². The van der Waals surface area contributed by atoms with Crippen LogP contribution in [0.2, 0.25) is 0 Å². The summed E-state index contributed by atoms with van der Waals surface area (Å²) in [6.07, 6.45) is 5.58. The van der Waals surface area contributed by atoms with Gasteiger partial charge in [-0.25, -0.2) is 9.78 Å². The van der Waals surface area contributed by atoms with E-state index in [-0.39, 0.29) is 11.9 Å². The summed E-state index contributed by atoms with van der Waals surface area (Å²) < 4.78 is 6.63. The van der Waals surface area contributed by atoms with Crippen LogP contribution in [0, 0.1) is 12.8 Å². The van der Waals surface area contributed by atoms with E-state index >= 15 is 0 Å². The number of carbonyl (C=O) groups excluding carboxylic acids is 2. The number of imidazole rings is 1. The molecule has 3 aromatic rings. The molecule has 0 radical (unpaired) electrons. The highest BCUT2D eigenvalue weighted by Gasteiger charge is 2.28. The molecule has 1 saturated heterocycles. The summed E-state index contributed by atoms with van der Waals surface area (Å²) in [5, 5.41) is 0. The number of carbonyl (C=O) groups is 2. The van der Waals surface area contributed by atoms with Crippen molar-refractivity contribution in [1.82, 2.24) is 14.3 Å². The van der Waals surface area contributed by atoms with Crippen LogP contribution in [0.5, 0.6) is 0 Å². The molecule has 0 N–H and O–H groups in total. The Morgan fingerprint density at radius 1 is 1.21 bits per heavy atom. The lowest BCUT2D eigenvalue weighted by Crippen LogP contribution is -2.29. The number of rotatable bonds is 4. The molecule has 0 aliphatic carbocycles. The molecule has 0 spiro atoms. The van der Waals surface area contributed by atoms with Gasteiger partial charge in [-0.05, 0) is 55.0 Å². The highest BCUT2D eigenvalue weighted by molar-refractivity contribution is 5.93. The van der Waals surface area contributed by atoms with Gasteiger partial charge in [0.05, 0.1) is 12.7 Å². The van der Waals surface area contributed by atoms with E-state index < -0.39 is 0 Å². The first kappa shape index (κ1) is 18.2. The van der Waals surface area contributed by atoms with Gasteiger partial charge in [-0.2, -0.15) is 0 Å². The van der Waals surface area contributed by atoms with Crippen molar-refractivity contribution >= 4 is 17.5 Å². The molecular weight excluding hydrogens is 354 g/mol. The van der Waals surface area contributed by atoms with Crippen molar-refractivity contribution in [3.8, 4) is 0 Å². The summed E-state index contributed by atoms with van der Waals surface area (Å²) >= 11 is 0. The minimum Gasteiger partial charge on any atom is -0.465 e. The highest BCUT2D eigenvalue weighted by Crippen LogP contribution is 2.23. The summed E-state index contributed by atoms with van der Waals surface area (Å²) in [7, 11) is 1.38. The van der Waals surface area contributed by atoms with Gasteiger partial charge in [0.25, 0.3) is 5.91 Å². The van der Waals surface area contributed by atoms with Crippen molar-refractivity contribution in [1.29, 1.82) is 0 Å². The fraction of sp³-hybridized carbons (Fsp3) is 0.318. The van der Waals surface area contributed by atoms with Crippen LogP contribution in [0.25, 0.3) is 5.65 Å². The van der Waals surface area contributed by atoms with E-state index in [2.05, 4.69) is 4.98 Å². The molecule has 3 heterocycles. The second-order valence-electron chi connectivity index (χ2n) is 7.35. The normalized spacial score (nSPS) is 16.5. The number of nitrogens with zero attached hydrogens (tertiary/aromatic N) is 3. The van der Waals surface area contributed by atoms with Crippen LogP contribution < -0.4 is 0 Å².